The molecule has 0 spiro atoms. The van der Waals surface area contributed by atoms with Crippen LogP contribution in [0, 0.1) is 5.82 Å². The molecule has 0 aliphatic rings. The number of rotatable bonds is 1. The summed E-state index contributed by atoms with van der Waals surface area (Å²) in [6.07, 6.45) is -3.95. The van der Waals surface area contributed by atoms with Gasteiger partial charge in [-0.05, 0) is 6.07 Å². The van der Waals surface area contributed by atoms with Gasteiger partial charge in [0.2, 0.25) is 0 Å². The van der Waals surface area contributed by atoms with Crippen LogP contribution >= 0.6 is 0 Å². The van der Waals surface area contributed by atoms with E-state index in [1.165, 1.54) is 0 Å². The SMILES string of the molecule is OCc1nccc(F)c1C(F)(F)F. The second-order valence-corrected chi connectivity index (χ2v) is 2.27. The van der Waals surface area contributed by atoms with Gasteiger partial charge in [0.15, 0.2) is 0 Å². The van der Waals surface area contributed by atoms with Crippen LogP contribution in [0.2, 0.25) is 0 Å². The average molecular weight is 195 g/mol. The van der Waals surface area contributed by atoms with Gasteiger partial charge in [-0.1, -0.05) is 0 Å². The van der Waals surface area contributed by atoms with Crippen molar-refractivity contribution in [3.63, 3.8) is 0 Å². The van der Waals surface area contributed by atoms with E-state index in [4.69, 9.17) is 5.11 Å². The standard InChI is InChI=1S/C7H5F4NO/c8-4-1-2-12-5(3-13)6(4)7(9,10)11/h1-2,13H,3H2. The Labute approximate surface area is 70.8 Å². The van der Waals surface area contributed by atoms with Gasteiger partial charge < -0.3 is 5.11 Å². The highest BCUT2D eigenvalue weighted by Gasteiger charge is 2.37. The zero-order chi connectivity index (χ0) is 10.1. The second-order valence-electron chi connectivity index (χ2n) is 2.27. The van der Waals surface area contributed by atoms with Crippen LogP contribution in [0.1, 0.15) is 11.3 Å². The Bertz CT molecular complexity index is 310. The van der Waals surface area contributed by atoms with Crippen LogP contribution in [0.4, 0.5) is 17.6 Å². The van der Waals surface area contributed by atoms with Crippen molar-refractivity contribution < 1.29 is 22.7 Å². The van der Waals surface area contributed by atoms with E-state index in [0.717, 1.165) is 6.20 Å². The van der Waals surface area contributed by atoms with E-state index in [0.29, 0.717) is 6.07 Å². The molecule has 0 fully saturated rings. The largest absolute Gasteiger partial charge is 0.421 e. The molecule has 0 aromatic carbocycles. The summed E-state index contributed by atoms with van der Waals surface area (Å²) in [7, 11) is 0. The van der Waals surface area contributed by atoms with Crippen molar-refractivity contribution in [2.45, 2.75) is 12.8 Å². The summed E-state index contributed by atoms with van der Waals surface area (Å²) < 4.78 is 49.0. The van der Waals surface area contributed by atoms with E-state index in [9.17, 15) is 17.6 Å². The molecule has 0 aliphatic heterocycles. The zero-order valence-electron chi connectivity index (χ0n) is 6.27. The predicted octanol–water partition coefficient (Wildman–Crippen LogP) is 1.73. The summed E-state index contributed by atoms with van der Waals surface area (Å²) in [5.41, 5.74) is -2.20. The molecule has 1 heterocycles. The second kappa shape index (κ2) is 3.29. The number of halogens is 4. The van der Waals surface area contributed by atoms with E-state index in [1.807, 2.05) is 0 Å². The molecule has 0 saturated carbocycles. The maximum Gasteiger partial charge on any atom is 0.421 e. The van der Waals surface area contributed by atoms with Gasteiger partial charge in [-0.15, -0.1) is 0 Å². The lowest BCUT2D eigenvalue weighted by Gasteiger charge is -2.10. The summed E-state index contributed by atoms with van der Waals surface area (Å²) >= 11 is 0. The van der Waals surface area contributed by atoms with Gasteiger partial charge in [-0.2, -0.15) is 13.2 Å². The highest BCUT2D eigenvalue weighted by atomic mass is 19.4. The summed E-state index contributed by atoms with van der Waals surface area (Å²) in [5.74, 6) is -1.42. The molecule has 13 heavy (non-hydrogen) atoms. The molecule has 72 valence electrons. The van der Waals surface area contributed by atoms with Gasteiger partial charge in [-0.25, -0.2) is 4.39 Å². The van der Waals surface area contributed by atoms with Gasteiger partial charge in [-0.3, -0.25) is 4.98 Å². The van der Waals surface area contributed by atoms with E-state index in [1.54, 1.807) is 0 Å². The van der Waals surface area contributed by atoms with E-state index >= 15 is 0 Å². The van der Waals surface area contributed by atoms with Gasteiger partial charge in [0.25, 0.3) is 0 Å². The quantitative estimate of drug-likeness (QED) is 0.692. The van der Waals surface area contributed by atoms with Crippen LogP contribution in [0.3, 0.4) is 0 Å². The first-order chi connectivity index (χ1) is 5.96. The first kappa shape index (κ1) is 9.91. The van der Waals surface area contributed by atoms with E-state index in [2.05, 4.69) is 4.98 Å². The van der Waals surface area contributed by atoms with Crippen LogP contribution < -0.4 is 0 Å². The maximum atomic E-state index is 12.7. The molecule has 1 aromatic rings. The van der Waals surface area contributed by atoms with Gasteiger partial charge in [0, 0.05) is 6.20 Å². The summed E-state index contributed by atoms with van der Waals surface area (Å²) in [5, 5.41) is 8.48. The average Bonchev–Trinajstić information content (AvgIpc) is 2.01. The minimum absolute atomic E-state index is 0.599. The van der Waals surface area contributed by atoms with Gasteiger partial charge >= 0.3 is 6.18 Å². The molecule has 1 rings (SSSR count). The fourth-order valence-corrected chi connectivity index (χ4v) is 0.897. The van der Waals surface area contributed by atoms with Crippen LogP contribution in [0.5, 0.6) is 0 Å². The van der Waals surface area contributed by atoms with Crippen molar-refractivity contribution in [1.29, 1.82) is 0 Å². The molecule has 0 atom stereocenters. The monoisotopic (exact) mass is 195 g/mol. The number of aliphatic hydroxyl groups excluding tert-OH is 1. The molecule has 0 amide bonds. The fourth-order valence-electron chi connectivity index (χ4n) is 0.897. The number of hydrogen-bond donors (Lipinski definition) is 1. The van der Waals surface area contributed by atoms with Crippen molar-refractivity contribution in [2.24, 2.45) is 0 Å². The predicted molar refractivity (Wildman–Crippen MR) is 35.1 cm³/mol. The first-order valence-corrected chi connectivity index (χ1v) is 3.28. The number of pyridine rings is 1. The minimum Gasteiger partial charge on any atom is -0.390 e. The maximum absolute atomic E-state index is 12.7. The summed E-state index contributed by atoms with van der Waals surface area (Å²) in [6, 6.07) is 0.599. The molecule has 0 saturated heterocycles. The first-order valence-electron chi connectivity index (χ1n) is 3.28. The van der Waals surface area contributed by atoms with Crippen LogP contribution in [0.25, 0.3) is 0 Å². The van der Waals surface area contributed by atoms with E-state index in [-0.39, 0.29) is 0 Å². The molecule has 0 aliphatic carbocycles. The molecular weight excluding hydrogens is 190 g/mol. The Morgan fingerprint density at radius 1 is 1.38 bits per heavy atom. The summed E-state index contributed by atoms with van der Waals surface area (Å²) in [6.45, 7) is -0.938. The van der Waals surface area contributed by atoms with E-state index < -0.39 is 29.9 Å². The van der Waals surface area contributed by atoms with Crippen LogP contribution in [0.15, 0.2) is 12.3 Å². The normalized spacial score (nSPS) is 11.8. The Balaban J connectivity index is 3.32. The Morgan fingerprint density at radius 2 is 2.00 bits per heavy atom. The number of nitrogens with zero attached hydrogens (tertiary/aromatic N) is 1. The molecular formula is C7H5F4NO. The molecule has 0 radical (unpaired) electrons. The highest BCUT2D eigenvalue weighted by molar-refractivity contribution is 5.24. The zero-order valence-corrected chi connectivity index (χ0v) is 6.27. The molecule has 6 heteroatoms. The molecule has 0 bridgehead atoms. The lowest BCUT2D eigenvalue weighted by Crippen LogP contribution is -2.13. The van der Waals surface area contributed by atoms with Crippen LogP contribution in [-0.2, 0) is 12.8 Å². The number of alkyl halides is 3. The molecule has 2 nitrogen and oxygen atoms in total. The lowest BCUT2D eigenvalue weighted by molar-refractivity contribution is -0.141. The third-order valence-corrected chi connectivity index (χ3v) is 1.41. The lowest BCUT2D eigenvalue weighted by atomic mass is 10.2. The Morgan fingerprint density at radius 3 is 2.38 bits per heavy atom. The van der Waals surface area contributed by atoms with Gasteiger partial charge in [0.05, 0.1) is 12.3 Å². The number of aromatic nitrogens is 1. The molecule has 1 aromatic heterocycles. The third-order valence-electron chi connectivity index (χ3n) is 1.41. The highest BCUT2D eigenvalue weighted by Crippen LogP contribution is 2.32. The minimum atomic E-state index is -4.82. The Hall–Kier alpha value is -1.17. The summed E-state index contributed by atoms with van der Waals surface area (Å²) in [4.78, 5) is 3.21. The third kappa shape index (κ3) is 1.95. The number of hydrogen-bond acceptors (Lipinski definition) is 2. The van der Waals surface area contributed by atoms with Gasteiger partial charge in [0.1, 0.15) is 11.4 Å². The Kier molecular flexibility index (Phi) is 2.51. The van der Waals surface area contributed by atoms with Crippen molar-refractivity contribution in [3.8, 4) is 0 Å². The fraction of sp³-hybridized carbons (Fsp3) is 0.286. The topological polar surface area (TPSA) is 33.1 Å². The molecule has 0 unspecified atom stereocenters. The number of aliphatic hydroxyl groups is 1. The molecule has 1 N–H and O–H groups in total. The van der Waals surface area contributed by atoms with Crippen molar-refractivity contribution in [3.05, 3.63) is 29.3 Å². The smallest absolute Gasteiger partial charge is 0.390 e. The van der Waals surface area contributed by atoms with Crippen molar-refractivity contribution in [2.75, 3.05) is 0 Å². The van der Waals surface area contributed by atoms with Crippen molar-refractivity contribution >= 4 is 0 Å². The van der Waals surface area contributed by atoms with Crippen LogP contribution in [-0.4, -0.2) is 10.1 Å². The van der Waals surface area contributed by atoms with Crippen molar-refractivity contribution in [1.82, 2.24) is 4.98 Å².